The average molecular weight is 442 g/mol. The molecular weight excluding hydrogens is 420 g/mol. The molecule has 1 aromatic heterocycles. The molecule has 1 N–H and O–H groups in total. The number of ketones is 1. The number of benzene rings is 3. The standard InChI is InChI=1S/C26H22N2O5/c1-32-20-12-8-17(9-13-20)25-22(16-23(29)30)24(26(31)18-6-4-3-5-7-18)27-28(25)19-10-14-21(33-2)15-11-19/h3-15H,16H2,1-2H3,(H,29,30). The monoisotopic (exact) mass is 442 g/mol. The Labute approximate surface area is 190 Å². The van der Waals surface area contributed by atoms with E-state index in [1.54, 1.807) is 79.6 Å². The molecule has 0 aliphatic rings. The van der Waals surface area contributed by atoms with Gasteiger partial charge in [-0.05, 0) is 48.5 Å². The van der Waals surface area contributed by atoms with Gasteiger partial charge < -0.3 is 14.6 Å². The number of carbonyl (C=O) groups excluding carboxylic acids is 1. The highest BCUT2D eigenvalue weighted by molar-refractivity contribution is 6.10. The number of rotatable bonds is 8. The third-order valence-corrected chi connectivity index (χ3v) is 5.24. The lowest BCUT2D eigenvalue weighted by atomic mass is 9.98. The van der Waals surface area contributed by atoms with E-state index in [1.165, 1.54) is 0 Å². The van der Waals surface area contributed by atoms with Crippen molar-refractivity contribution in [1.82, 2.24) is 9.78 Å². The van der Waals surface area contributed by atoms with Gasteiger partial charge in [0.15, 0.2) is 0 Å². The lowest BCUT2D eigenvalue weighted by molar-refractivity contribution is -0.136. The first-order valence-electron chi connectivity index (χ1n) is 10.2. The van der Waals surface area contributed by atoms with E-state index in [1.807, 2.05) is 18.2 Å². The van der Waals surface area contributed by atoms with Gasteiger partial charge in [-0.25, -0.2) is 4.68 Å². The van der Waals surface area contributed by atoms with Gasteiger partial charge in [-0.15, -0.1) is 0 Å². The summed E-state index contributed by atoms with van der Waals surface area (Å²) in [6, 6.07) is 23.1. The summed E-state index contributed by atoms with van der Waals surface area (Å²) in [5, 5.41) is 14.3. The van der Waals surface area contributed by atoms with E-state index in [-0.39, 0.29) is 17.9 Å². The Balaban J connectivity index is 1.97. The molecule has 0 radical (unpaired) electrons. The Hall–Kier alpha value is -4.39. The molecule has 166 valence electrons. The number of carbonyl (C=O) groups is 2. The van der Waals surface area contributed by atoms with Crippen molar-refractivity contribution in [3.63, 3.8) is 0 Å². The Bertz CT molecular complexity index is 1280. The molecule has 7 heteroatoms. The molecule has 0 saturated carbocycles. The molecule has 0 aliphatic carbocycles. The molecule has 33 heavy (non-hydrogen) atoms. The second-order valence-corrected chi connectivity index (χ2v) is 7.28. The van der Waals surface area contributed by atoms with Crippen LogP contribution in [0.4, 0.5) is 0 Å². The zero-order valence-electron chi connectivity index (χ0n) is 18.2. The number of carboxylic acid groups (broad SMARTS) is 1. The minimum atomic E-state index is -1.05. The fourth-order valence-corrected chi connectivity index (χ4v) is 3.63. The predicted octanol–water partition coefficient (Wildman–Crippen LogP) is 4.41. The van der Waals surface area contributed by atoms with Crippen molar-refractivity contribution < 1.29 is 24.2 Å². The minimum absolute atomic E-state index is 0.102. The summed E-state index contributed by atoms with van der Waals surface area (Å²) >= 11 is 0. The van der Waals surface area contributed by atoms with Gasteiger partial charge in [-0.1, -0.05) is 30.3 Å². The summed E-state index contributed by atoms with van der Waals surface area (Å²) in [5.74, 6) is -0.0621. The molecule has 0 atom stereocenters. The number of aliphatic carboxylic acids is 1. The zero-order chi connectivity index (χ0) is 23.4. The molecule has 0 amide bonds. The molecule has 0 spiro atoms. The third-order valence-electron chi connectivity index (χ3n) is 5.24. The number of aromatic nitrogens is 2. The number of hydrogen-bond donors (Lipinski definition) is 1. The first-order valence-corrected chi connectivity index (χ1v) is 10.2. The molecule has 4 rings (SSSR count). The van der Waals surface area contributed by atoms with Gasteiger partial charge in [0.2, 0.25) is 5.78 Å². The number of ether oxygens (including phenoxy) is 2. The first-order chi connectivity index (χ1) is 16.0. The lowest BCUT2D eigenvalue weighted by Crippen LogP contribution is -2.09. The highest BCUT2D eigenvalue weighted by Crippen LogP contribution is 2.32. The van der Waals surface area contributed by atoms with Crippen LogP contribution in [-0.2, 0) is 11.2 Å². The summed E-state index contributed by atoms with van der Waals surface area (Å²) in [7, 11) is 3.15. The fourth-order valence-electron chi connectivity index (χ4n) is 3.63. The van der Waals surface area contributed by atoms with Crippen LogP contribution < -0.4 is 9.47 Å². The van der Waals surface area contributed by atoms with E-state index in [2.05, 4.69) is 5.10 Å². The number of carboxylic acids is 1. The molecule has 4 aromatic rings. The van der Waals surface area contributed by atoms with Crippen LogP contribution in [0.5, 0.6) is 11.5 Å². The highest BCUT2D eigenvalue weighted by Gasteiger charge is 2.27. The van der Waals surface area contributed by atoms with Crippen LogP contribution >= 0.6 is 0 Å². The normalized spacial score (nSPS) is 10.6. The van der Waals surface area contributed by atoms with Gasteiger partial charge in [0, 0.05) is 16.7 Å². The molecule has 1 heterocycles. The van der Waals surface area contributed by atoms with Crippen molar-refractivity contribution in [2.75, 3.05) is 14.2 Å². The van der Waals surface area contributed by atoms with Crippen LogP contribution in [0, 0.1) is 0 Å². The summed E-state index contributed by atoms with van der Waals surface area (Å²) in [6.07, 6.45) is -0.356. The van der Waals surface area contributed by atoms with E-state index in [4.69, 9.17) is 9.47 Å². The van der Waals surface area contributed by atoms with Crippen LogP contribution in [0.2, 0.25) is 0 Å². The lowest BCUT2D eigenvalue weighted by Gasteiger charge is -2.11. The average Bonchev–Trinajstić information content (AvgIpc) is 3.22. The number of hydrogen-bond acceptors (Lipinski definition) is 5. The van der Waals surface area contributed by atoms with Crippen LogP contribution in [0.1, 0.15) is 21.6 Å². The van der Waals surface area contributed by atoms with E-state index in [0.717, 1.165) is 0 Å². The van der Waals surface area contributed by atoms with Gasteiger partial charge in [-0.3, -0.25) is 9.59 Å². The van der Waals surface area contributed by atoms with E-state index < -0.39 is 5.97 Å². The van der Waals surface area contributed by atoms with Gasteiger partial charge in [0.1, 0.15) is 17.2 Å². The molecule has 3 aromatic carbocycles. The van der Waals surface area contributed by atoms with Crippen molar-refractivity contribution in [1.29, 1.82) is 0 Å². The van der Waals surface area contributed by atoms with Crippen molar-refractivity contribution in [3.8, 4) is 28.4 Å². The largest absolute Gasteiger partial charge is 0.497 e. The highest BCUT2D eigenvalue weighted by atomic mass is 16.5. The van der Waals surface area contributed by atoms with E-state index in [9.17, 15) is 14.7 Å². The number of methoxy groups -OCH3 is 2. The maximum absolute atomic E-state index is 13.4. The van der Waals surface area contributed by atoms with Gasteiger partial charge in [-0.2, -0.15) is 5.10 Å². The first kappa shape index (κ1) is 21.8. The zero-order valence-corrected chi connectivity index (χ0v) is 18.2. The Morgan fingerprint density at radius 1 is 0.848 bits per heavy atom. The fraction of sp³-hybridized carbons (Fsp3) is 0.115. The van der Waals surface area contributed by atoms with Gasteiger partial charge in [0.05, 0.1) is 32.0 Å². The van der Waals surface area contributed by atoms with Crippen molar-refractivity contribution in [2.24, 2.45) is 0 Å². The number of nitrogens with zero attached hydrogens (tertiary/aromatic N) is 2. The Kier molecular flexibility index (Phi) is 6.22. The van der Waals surface area contributed by atoms with Crippen molar-refractivity contribution in [3.05, 3.63) is 95.7 Å². The third kappa shape index (κ3) is 4.48. The topological polar surface area (TPSA) is 90.7 Å². The maximum atomic E-state index is 13.4. The van der Waals surface area contributed by atoms with Crippen LogP contribution in [0.25, 0.3) is 16.9 Å². The predicted molar refractivity (Wildman–Crippen MR) is 123 cm³/mol. The molecule has 0 aliphatic heterocycles. The SMILES string of the molecule is COc1ccc(-c2c(CC(=O)O)c(C(=O)c3ccccc3)nn2-c2ccc(OC)cc2)cc1. The quantitative estimate of drug-likeness (QED) is 0.407. The molecule has 0 fully saturated rings. The summed E-state index contributed by atoms with van der Waals surface area (Å²) in [4.78, 5) is 25.2. The maximum Gasteiger partial charge on any atom is 0.307 e. The van der Waals surface area contributed by atoms with Crippen molar-refractivity contribution in [2.45, 2.75) is 6.42 Å². The van der Waals surface area contributed by atoms with Gasteiger partial charge in [0.25, 0.3) is 0 Å². The Morgan fingerprint density at radius 3 is 1.97 bits per heavy atom. The van der Waals surface area contributed by atoms with Crippen LogP contribution in [-0.4, -0.2) is 40.9 Å². The molecular formula is C26H22N2O5. The molecule has 7 nitrogen and oxygen atoms in total. The molecule has 0 bridgehead atoms. The van der Waals surface area contributed by atoms with E-state index in [0.29, 0.717) is 39.6 Å². The van der Waals surface area contributed by atoms with Crippen LogP contribution in [0.3, 0.4) is 0 Å². The summed E-state index contributed by atoms with van der Waals surface area (Å²) in [5.41, 5.74) is 2.79. The van der Waals surface area contributed by atoms with E-state index >= 15 is 0 Å². The second-order valence-electron chi connectivity index (χ2n) is 7.28. The summed E-state index contributed by atoms with van der Waals surface area (Å²) < 4.78 is 12.1. The molecule has 0 unspecified atom stereocenters. The van der Waals surface area contributed by atoms with Gasteiger partial charge >= 0.3 is 5.97 Å². The second kappa shape index (κ2) is 9.40. The molecule has 0 saturated heterocycles. The van der Waals surface area contributed by atoms with Crippen LogP contribution in [0.15, 0.2) is 78.9 Å². The minimum Gasteiger partial charge on any atom is -0.497 e. The smallest absolute Gasteiger partial charge is 0.307 e. The Morgan fingerprint density at radius 2 is 1.42 bits per heavy atom. The van der Waals surface area contributed by atoms with Crippen molar-refractivity contribution >= 4 is 11.8 Å². The summed E-state index contributed by atoms with van der Waals surface area (Å²) in [6.45, 7) is 0.